The number of amides is 1. The van der Waals surface area contributed by atoms with Crippen LogP contribution in [0, 0.1) is 10.1 Å². The van der Waals surface area contributed by atoms with E-state index in [1.54, 1.807) is 17.0 Å². The number of ether oxygens (including phenoxy) is 1. The molecule has 1 amide bonds. The van der Waals surface area contributed by atoms with Gasteiger partial charge < -0.3 is 9.64 Å². The molecule has 21 heavy (non-hydrogen) atoms. The SMILES string of the molecule is CC(C)(C)OC(=O)N1CC=C(c2cccc([N+](=O)[O-])c2)C1. The fourth-order valence-electron chi connectivity index (χ4n) is 2.05. The van der Waals surface area contributed by atoms with Gasteiger partial charge in [-0.2, -0.15) is 0 Å². The molecule has 0 aromatic heterocycles. The number of carbonyl (C=O) groups is 1. The molecule has 6 nitrogen and oxygen atoms in total. The number of carbonyl (C=O) groups excluding carboxylic acids is 1. The minimum Gasteiger partial charge on any atom is -0.444 e. The van der Waals surface area contributed by atoms with Crippen molar-refractivity contribution in [3.63, 3.8) is 0 Å². The second kappa shape index (κ2) is 5.55. The molecular weight excluding hydrogens is 272 g/mol. The van der Waals surface area contributed by atoms with Crippen LogP contribution in [0.2, 0.25) is 0 Å². The van der Waals surface area contributed by atoms with Crippen LogP contribution >= 0.6 is 0 Å². The summed E-state index contributed by atoms with van der Waals surface area (Å²) in [5.74, 6) is 0. The lowest BCUT2D eigenvalue weighted by Gasteiger charge is -2.24. The van der Waals surface area contributed by atoms with E-state index < -0.39 is 10.5 Å². The van der Waals surface area contributed by atoms with Crippen LogP contribution in [0.5, 0.6) is 0 Å². The summed E-state index contributed by atoms with van der Waals surface area (Å²) >= 11 is 0. The molecule has 0 radical (unpaired) electrons. The first-order valence-electron chi connectivity index (χ1n) is 6.68. The second-order valence-corrected chi connectivity index (χ2v) is 5.90. The van der Waals surface area contributed by atoms with Crippen LogP contribution in [-0.2, 0) is 4.74 Å². The quantitative estimate of drug-likeness (QED) is 0.619. The lowest BCUT2D eigenvalue weighted by molar-refractivity contribution is -0.384. The van der Waals surface area contributed by atoms with Gasteiger partial charge in [0.1, 0.15) is 5.60 Å². The highest BCUT2D eigenvalue weighted by molar-refractivity contribution is 5.78. The van der Waals surface area contributed by atoms with Crippen molar-refractivity contribution in [1.29, 1.82) is 0 Å². The highest BCUT2D eigenvalue weighted by Gasteiger charge is 2.26. The number of nitro benzene ring substituents is 1. The summed E-state index contributed by atoms with van der Waals surface area (Å²) in [4.78, 5) is 23.9. The monoisotopic (exact) mass is 290 g/mol. The predicted molar refractivity (Wildman–Crippen MR) is 78.9 cm³/mol. The van der Waals surface area contributed by atoms with Gasteiger partial charge in [0.2, 0.25) is 0 Å². The molecule has 1 aliphatic rings. The van der Waals surface area contributed by atoms with E-state index in [1.165, 1.54) is 12.1 Å². The average Bonchev–Trinajstić information content (AvgIpc) is 2.86. The van der Waals surface area contributed by atoms with Gasteiger partial charge in [0, 0.05) is 25.2 Å². The zero-order valence-electron chi connectivity index (χ0n) is 12.3. The molecule has 0 N–H and O–H groups in total. The van der Waals surface area contributed by atoms with Crippen LogP contribution in [0.3, 0.4) is 0 Å². The van der Waals surface area contributed by atoms with Crippen LogP contribution in [-0.4, -0.2) is 34.6 Å². The molecule has 6 heteroatoms. The largest absolute Gasteiger partial charge is 0.444 e. The Kier molecular flexibility index (Phi) is 3.97. The van der Waals surface area contributed by atoms with Crippen LogP contribution in [0.15, 0.2) is 30.3 Å². The average molecular weight is 290 g/mol. The van der Waals surface area contributed by atoms with Crippen molar-refractivity contribution >= 4 is 17.4 Å². The molecule has 1 aliphatic heterocycles. The van der Waals surface area contributed by atoms with Crippen molar-refractivity contribution in [3.05, 3.63) is 46.0 Å². The van der Waals surface area contributed by atoms with Crippen LogP contribution in [0.25, 0.3) is 5.57 Å². The summed E-state index contributed by atoms with van der Waals surface area (Å²) < 4.78 is 5.31. The first-order valence-corrected chi connectivity index (χ1v) is 6.68. The summed E-state index contributed by atoms with van der Waals surface area (Å²) in [7, 11) is 0. The molecule has 0 aliphatic carbocycles. The Morgan fingerprint density at radius 2 is 2.10 bits per heavy atom. The van der Waals surface area contributed by atoms with E-state index in [1.807, 2.05) is 26.8 Å². The number of hydrogen-bond acceptors (Lipinski definition) is 4. The molecule has 0 spiro atoms. The van der Waals surface area contributed by atoms with Crippen molar-refractivity contribution in [2.75, 3.05) is 13.1 Å². The Bertz CT molecular complexity index is 602. The summed E-state index contributed by atoms with van der Waals surface area (Å²) in [6.07, 6.45) is 1.52. The fraction of sp³-hybridized carbons (Fsp3) is 0.400. The van der Waals surface area contributed by atoms with Crippen LogP contribution in [0.4, 0.5) is 10.5 Å². The van der Waals surface area contributed by atoms with Gasteiger partial charge in [0.15, 0.2) is 0 Å². The van der Waals surface area contributed by atoms with E-state index in [-0.39, 0.29) is 11.8 Å². The molecule has 2 rings (SSSR count). The third-order valence-electron chi connectivity index (χ3n) is 3.00. The number of nitro groups is 1. The normalized spacial score (nSPS) is 14.8. The Hall–Kier alpha value is -2.37. The van der Waals surface area contributed by atoms with E-state index in [9.17, 15) is 14.9 Å². The molecule has 1 aromatic carbocycles. The van der Waals surface area contributed by atoms with E-state index in [4.69, 9.17) is 4.74 Å². The maximum atomic E-state index is 12.0. The number of benzene rings is 1. The zero-order chi connectivity index (χ0) is 15.6. The van der Waals surface area contributed by atoms with Gasteiger partial charge in [-0.25, -0.2) is 4.79 Å². The Morgan fingerprint density at radius 3 is 2.71 bits per heavy atom. The number of hydrogen-bond donors (Lipinski definition) is 0. The topological polar surface area (TPSA) is 72.7 Å². The molecule has 112 valence electrons. The third-order valence-corrected chi connectivity index (χ3v) is 3.00. The summed E-state index contributed by atoms with van der Waals surface area (Å²) in [6, 6.07) is 6.41. The molecule has 0 saturated carbocycles. The predicted octanol–water partition coefficient (Wildman–Crippen LogP) is 3.23. The van der Waals surface area contributed by atoms with E-state index in [0.29, 0.717) is 13.1 Å². The minimum atomic E-state index is -0.536. The second-order valence-electron chi connectivity index (χ2n) is 5.90. The van der Waals surface area contributed by atoms with Gasteiger partial charge >= 0.3 is 6.09 Å². The van der Waals surface area contributed by atoms with Gasteiger partial charge in [0.05, 0.1) is 4.92 Å². The Labute approximate surface area is 123 Å². The summed E-state index contributed by atoms with van der Waals surface area (Å²) in [5, 5.41) is 10.8. The first-order chi connectivity index (χ1) is 9.76. The Morgan fingerprint density at radius 1 is 1.38 bits per heavy atom. The first kappa shape index (κ1) is 15.0. The lowest BCUT2D eigenvalue weighted by Crippen LogP contribution is -2.35. The van der Waals surface area contributed by atoms with Crippen LogP contribution < -0.4 is 0 Å². The van der Waals surface area contributed by atoms with E-state index in [2.05, 4.69) is 0 Å². The number of nitrogens with zero attached hydrogens (tertiary/aromatic N) is 2. The minimum absolute atomic E-state index is 0.0455. The van der Waals surface area contributed by atoms with Crippen molar-refractivity contribution in [3.8, 4) is 0 Å². The van der Waals surface area contributed by atoms with Crippen molar-refractivity contribution < 1.29 is 14.5 Å². The van der Waals surface area contributed by atoms with E-state index in [0.717, 1.165) is 11.1 Å². The zero-order valence-corrected chi connectivity index (χ0v) is 12.3. The molecule has 0 atom stereocenters. The van der Waals surface area contributed by atoms with Crippen molar-refractivity contribution in [1.82, 2.24) is 4.90 Å². The number of rotatable bonds is 2. The molecule has 0 bridgehead atoms. The summed E-state index contributed by atoms with van der Waals surface area (Å²) in [6.45, 7) is 6.30. The van der Waals surface area contributed by atoms with E-state index >= 15 is 0 Å². The smallest absolute Gasteiger partial charge is 0.410 e. The van der Waals surface area contributed by atoms with Gasteiger partial charge in [0.25, 0.3) is 5.69 Å². The molecular formula is C15H18N2O4. The van der Waals surface area contributed by atoms with Crippen molar-refractivity contribution in [2.45, 2.75) is 26.4 Å². The highest BCUT2D eigenvalue weighted by Crippen LogP contribution is 2.25. The lowest BCUT2D eigenvalue weighted by atomic mass is 10.1. The highest BCUT2D eigenvalue weighted by atomic mass is 16.6. The fourth-order valence-corrected chi connectivity index (χ4v) is 2.05. The third kappa shape index (κ3) is 3.81. The van der Waals surface area contributed by atoms with Crippen LogP contribution in [0.1, 0.15) is 26.3 Å². The van der Waals surface area contributed by atoms with Gasteiger partial charge in [-0.1, -0.05) is 18.2 Å². The Balaban J connectivity index is 2.07. The van der Waals surface area contributed by atoms with Gasteiger partial charge in [-0.15, -0.1) is 0 Å². The molecule has 1 heterocycles. The molecule has 0 fully saturated rings. The maximum Gasteiger partial charge on any atom is 0.410 e. The summed E-state index contributed by atoms with van der Waals surface area (Å²) in [5.41, 5.74) is 1.16. The number of non-ortho nitro benzene ring substituents is 1. The maximum absolute atomic E-state index is 12.0. The molecule has 1 aromatic rings. The van der Waals surface area contributed by atoms with Gasteiger partial charge in [-0.3, -0.25) is 10.1 Å². The van der Waals surface area contributed by atoms with Crippen molar-refractivity contribution in [2.24, 2.45) is 0 Å². The van der Waals surface area contributed by atoms with Gasteiger partial charge in [-0.05, 0) is 31.9 Å². The molecule has 0 unspecified atom stereocenters. The molecule has 0 saturated heterocycles. The standard InChI is InChI=1S/C15H18N2O4/c1-15(2,3)21-14(18)16-8-7-12(10-16)11-5-4-6-13(9-11)17(19)20/h4-7,9H,8,10H2,1-3H3.